The van der Waals surface area contributed by atoms with Crippen LogP contribution in [0.3, 0.4) is 0 Å². The first-order valence-electron chi connectivity index (χ1n) is 5.88. The first-order chi connectivity index (χ1) is 9.75. The molecule has 0 unspecified atom stereocenters. The summed E-state index contributed by atoms with van der Waals surface area (Å²) in [6.45, 7) is 1.66. The molecule has 3 nitrogen and oxygen atoms in total. The molecule has 21 heavy (non-hydrogen) atoms. The number of amides is 1. The second-order valence-electron chi connectivity index (χ2n) is 4.35. The van der Waals surface area contributed by atoms with Gasteiger partial charge in [-0.3, -0.25) is 4.79 Å². The van der Waals surface area contributed by atoms with Crippen LogP contribution in [0, 0.1) is 6.92 Å². The fourth-order valence-electron chi connectivity index (χ4n) is 1.74. The molecule has 0 radical (unpaired) electrons. The maximum Gasteiger partial charge on any atom is 0.416 e. The lowest BCUT2D eigenvalue weighted by Crippen LogP contribution is -2.13. The molecular formula is C14H10ClF3N2O. The minimum absolute atomic E-state index is 0.0559. The van der Waals surface area contributed by atoms with Crippen LogP contribution in [0.25, 0.3) is 0 Å². The van der Waals surface area contributed by atoms with E-state index in [9.17, 15) is 18.0 Å². The second kappa shape index (κ2) is 5.73. The van der Waals surface area contributed by atoms with Gasteiger partial charge in [-0.15, -0.1) is 0 Å². The average Bonchev–Trinajstić information content (AvgIpc) is 2.37. The Bertz CT molecular complexity index is 666. The summed E-state index contributed by atoms with van der Waals surface area (Å²) >= 11 is 5.74. The summed E-state index contributed by atoms with van der Waals surface area (Å²) in [5.74, 6) is -0.554. The molecule has 1 N–H and O–H groups in total. The molecule has 1 aromatic heterocycles. The van der Waals surface area contributed by atoms with E-state index < -0.39 is 17.6 Å². The van der Waals surface area contributed by atoms with Crippen molar-refractivity contribution in [3.05, 3.63) is 58.4 Å². The Morgan fingerprint density at radius 3 is 2.57 bits per heavy atom. The Balaban J connectivity index is 2.23. The van der Waals surface area contributed by atoms with Crippen molar-refractivity contribution in [1.82, 2.24) is 4.98 Å². The number of hydrogen-bond donors (Lipinski definition) is 1. The lowest BCUT2D eigenvalue weighted by atomic mass is 10.1. The standard InChI is InChI=1S/C14H10ClF3N2O/c1-8-5-9(6-12(15)19-8)13(21)20-11-4-2-3-10(7-11)14(16,17)18/h2-7H,1H3,(H,20,21). The molecule has 7 heteroatoms. The molecule has 1 heterocycles. The number of rotatable bonds is 2. The molecule has 2 aromatic rings. The van der Waals surface area contributed by atoms with E-state index in [-0.39, 0.29) is 16.4 Å². The lowest BCUT2D eigenvalue weighted by Gasteiger charge is -2.10. The van der Waals surface area contributed by atoms with E-state index in [1.165, 1.54) is 24.3 Å². The fourth-order valence-corrected chi connectivity index (χ4v) is 1.99. The molecule has 1 amide bonds. The first-order valence-corrected chi connectivity index (χ1v) is 6.26. The van der Waals surface area contributed by atoms with Gasteiger partial charge in [-0.05, 0) is 37.3 Å². The molecule has 0 atom stereocenters. The van der Waals surface area contributed by atoms with Crippen molar-refractivity contribution < 1.29 is 18.0 Å². The van der Waals surface area contributed by atoms with Crippen LogP contribution in [-0.4, -0.2) is 10.9 Å². The van der Waals surface area contributed by atoms with Crippen molar-refractivity contribution in [2.75, 3.05) is 5.32 Å². The van der Waals surface area contributed by atoms with E-state index in [1.807, 2.05) is 0 Å². The number of nitrogens with one attached hydrogen (secondary N) is 1. The molecule has 0 aliphatic heterocycles. The van der Waals surface area contributed by atoms with Gasteiger partial charge in [0, 0.05) is 16.9 Å². The number of hydrogen-bond acceptors (Lipinski definition) is 2. The van der Waals surface area contributed by atoms with Gasteiger partial charge in [0.1, 0.15) is 5.15 Å². The quantitative estimate of drug-likeness (QED) is 0.839. The third-order valence-corrected chi connectivity index (χ3v) is 2.83. The zero-order chi connectivity index (χ0) is 15.6. The predicted molar refractivity (Wildman–Crippen MR) is 73.4 cm³/mol. The number of alkyl halides is 3. The largest absolute Gasteiger partial charge is 0.416 e. The molecule has 2 rings (SSSR count). The van der Waals surface area contributed by atoms with Crippen LogP contribution in [0.5, 0.6) is 0 Å². The topological polar surface area (TPSA) is 42.0 Å². The molecule has 0 aliphatic rings. The van der Waals surface area contributed by atoms with Gasteiger partial charge in [-0.25, -0.2) is 4.98 Å². The van der Waals surface area contributed by atoms with E-state index in [2.05, 4.69) is 10.3 Å². The van der Waals surface area contributed by atoms with E-state index >= 15 is 0 Å². The molecule has 0 bridgehead atoms. The third kappa shape index (κ3) is 3.95. The zero-order valence-corrected chi connectivity index (χ0v) is 11.6. The third-order valence-electron chi connectivity index (χ3n) is 2.63. The number of benzene rings is 1. The minimum atomic E-state index is -4.46. The van der Waals surface area contributed by atoms with Crippen molar-refractivity contribution in [3.63, 3.8) is 0 Å². The smallest absolute Gasteiger partial charge is 0.322 e. The van der Waals surface area contributed by atoms with E-state index in [0.717, 1.165) is 12.1 Å². The summed E-state index contributed by atoms with van der Waals surface area (Å²) < 4.78 is 37.8. The summed E-state index contributed by atoms with van der Waals surface area (Å²) in [7, 11) is 0. The maximum absolute atomic E-state index is 12.6. The number of pyridine rings is 1. The Hall–Kier alpha value is -2.08. The van der Waals surface area contributed by atoms with Gasteiger partial charge in [-0.1, -0.05) is 17.7 Å². The molecule has 0 saturated heterocycles. The summed E-state index contributed by atoms with van der Waals surface area (Å²) in [6.07, 6.45) is -4.46. The van der Waals surface area contributed by atoms with Gasteiger partial charge in [0.05, 0.1) is 5.56 Å². The SMILES string of the molecule is Cc1cc(C(=O)Nc2cccc(C(F)(F)F)c2)cc(Cl)n1. The maximum atomic E-state index is 12.6. The van der Waals surface area contributed by atoms with Gasteiger partial charge < -0.3 is 5.32 Å². The van der Waals surface area contributed by atoms with Crippen molar-refractivity contribution in [3.8, 4) is 0 Å². The number of halogens is 4. The van der Waals surface area contributed by atoms with Crippen LogP contribution in [-0.2, 0) is 6.18 Å². The van der Waals surface area contributed by atoms with Crippen LogP contribution < -0.4 is 5.32 Å². The molecule has 0 fully saturated rings. The van der Waals surface area contributed by atoms with Gasteiger partial charge in [0.25, 0.3) is 5.91 Å². The van der Waals surface area contributed by atoms with Crippen molar-refractivity contribution >= 4 is 23.2 Å². The van der Waals surface area contributed by atoms with E-state index in [4.69, 9.17) is 11.6 Å². The van der Waals surface area contributed by atoms with Gasteiger partial charge >= 0.3 is 6.18 Å². The number of nitrogens with zero attached hydrogens (tertiary/aromatic N) is 1. The van der Waals surface area contributed by atoms with Crippen LogP contribution in [0.2, 0.25) is 5.15 Å². The second-order valence-corrected chi connectivity index (χ2v) is 4.74. The highest BCUT2D eigenvalue weighted by Gasteiger charge is 2.30. The van der Waals surface area contributed by atoms with Crippen molar-refractivity contribution in [1.29, 1.82) is 0 Å². The summed E-state index contributed by atoms with van der Waals surface area (Å²) in [6, 6.07) is 7.25. The highest BCUT2D eigenvalue weighted by molar-refractivity contribution is 6.29. The average molecular weight is 315 g/mol. The minimum Gasteiger partial charge on any atom is -0.322 e. The van der Waals surface area contributed by atoms with Crippen LogP contribution in [0.1, 0.15) is 21.6 Å². The van der Waals surface area contributed by atoms with Gasteiger partial charge in [0.15, 0.2) is 0 Å². The molecule has 0 saturated carbocycles. The number of anilines is 1. The highest BCUT2D eigenvalue weighted by Crippen LogP contribution is 2.30. The van der Waals surface area contributed by atoms with Crippen molar-refractivity contribution in [2.45, 2.75) is 13.1 Å². The number of aryl methyl sites for hydroxylation is 1. The summed E-state index contributed by atoms with van der Waals surface area (Å²) in [5.41, 5.74) is -0.00809. The van der Waals surface area contributed by atoms with Crippen LogP contribution >= 0.6 is 11.6 Å². The predicted octanol–water partition coefficient (Wildman–Crippen LogP) is 4.31. The van der Waals surface area contributed by atoms with Gasteiger partial charge in [0.2, 0.25) is 0 Å². The Kier molecular flexibility index (Phi) is 4.18. The summed E-state index contributed by atoms with van der Waals surface area (Å²) in [5, 5.41) is 2.54. The fraction of sp³-hybridized carbons (Fsp3) is 0.143. The van der Waals surface area contributed by atoms with E-state index in [0.29, 0.717) is 5.69 Å². The molecule has 0 aliphatic carbocycles. The zero-order valence-electron chi connectivity index (χ0n) is 10.8. The molecular weight excluding hydrogens is 305 g/mol. The Morgan fingerprint density at radius 2 is 1.95 bits per heavy atom. The molecule has 110 valence electrons. The highest BCUT2D eigenvalue weighted by atomic mass is 35.5. The summed E-state index contributed by atoms with van der Waals surface area (Å²) in [4.78, 5) is 15.9. The normalized spacial score (nSPS) is 11.3. The van der Waals surface area contributed by atoms with E-state index in [1.54, 1.807) is 6.92 Å². The first kappa shape index (κ1) is 15.3. The Morgan fingerprint density at radius 1 is 1.24 bits per heavy atom. The monoisotopic (exact) mass is 314 g/mol. The van der Waals surface area contributed by atoms with Crippen LogP contribution in [0.4, 0.5) is 18.9 Å². The number of aromatic nitrogens is 1. The molecule has 1 aromatic carbocycles. The van der Waals surface area contributed by atoms with Gasteiger partial charge in [-0.2, -0.15) is 13.2 Å². The van der Waals surface area contributed by atoms with Crippen LogP contribution in [0.15, 0.2) is 36.4 Å². The Labute approximate surface area is 123 Å². The van der Waals surface area contributed by atoms with Crippen molar-refractivity contribution in [2.24, 2.45) is 0 Å². The lowest BCUT2D eigenvalue weighted by molar-refractivity contribution is -0.137. The number of carbonyl (C=O) groups is 1. The number of carbonyl (C=O) groups excluding carboxylic acids is 1. The molecule has 0 spiro atoms.